The van der Waals surface area contributed by atoms with Crippen LogP contribution in [0.5, 0.6) is 0 Å². The molecule has 3 heterocycles. The monoisotopic (exact) mass is 465 g/mol. The average molecular weight is 466 g/mol. The number of hydrogen-bond donors (Lipinski definition) is 0. The highest BCUT2D eigenvalue weighted by molar-refractivity contribution is 9.10. The average Bonchev–Trinajstić information content (AvgIpc) is 3.31. The minimum Gasteiger partial charge on any atom is -0.463 e. The van der Waals surface area contributed by atoms with Gasteiger partial charge in [-0.05, 0) is 24.6 Å². The number of thiazole rings is 1. The first-order valence-corrected chi connectivity index (χ1v) is 9.98. The zero-order chi connectivity index (χ0) is 19.8. The second kappa shape index (κ2) is 7.44. The van der Waals surface area contributed by atoms with E-state index in [2.05, 4.69) is 25.9 Å². The quantitative estimate of drug-likeness (QED) is 0.641. The number of rotatable bonds is 4. The number of halogens is 2. The van der Waals surface area contributed by atoms with Gasteiger partial charge < -0.3 is 9.47 Å². The van der Waals surface area contributed by atoms with Crippen molar-refractivity contribution in [1.82, 2.24) is 9.88 Å². The summed E-state index contributed by atoms with van der Waals surface area (Å²) in [4.78, 5) is 35.2. The van der Waals surface area contributed by atoms with E-state index in [4.69, 9.17) is 9.47 Å². The molecule has 1 unspecified atom stereocenters. The minimum atomic E-state index is -0.811. The molecular weight excluding hydrogens is 453 g/mol. The van der Waals surface area contributed by atoms with Gasteiger partial charge in [0.15, 0.2) is 10.8 Å². The number of fused-ring (bicyclic) bond motifs is 1. The van der Waals surface area contributed by atoms with Crippen molar-refractivity contribution in [3.05, 3.63) is 61.9 Å². The van der Waals surface area contributed by atoms with Crippen molar-refractivity contribution < 1.29 is 23.5 Å². The van der Waals surface area contributed by atoms with Crippen LogP contribution in [0.1, 0.15) is 23.5 Å². The van der Waals surface area contributed by atoms with Gasteiger partial charge in [0.1, 0.15) is 18.5 Å². The van der Waals surface area contributed by atoms with Crippen molar-refractivity contribution >= 4 is 45.2 Å². The lowest BCUT2D eigenvalue weighted by molar-refractivity contribution is -0.139. The molecule has 28 heavy (non-hydrogen) atoms. The Labute approximate surface area is 171 Å². The highest BCUT2D eigenvalue weighted by Crippen LogP contribution is 2.41. The summed E-state index contributed by atoms with van der Waals surface area (Å²) in [7, 11) is 0. The molecule has 0 bridgehead atoms. The molecule has 1 fully saturated rings. The van der Waals surface area contributed by atoms with Gasteiger partial charge in [-0.2, -0.15) is 0 Å². The van der Waals surface area contributed by atoms with E-state index in [0.29, 0.717) is 20.7 Å². The van der Waals surface area contributed by atoms with Crippen molar-refractivity contribution in [2.75, 3.05) is 13.2 Å². The summed E-state index contributed by atoms with van der Waals surface area (Å²) >= 11 is 4.64. The smallest absolute Gasteiger partial charge is 0.420 e. The van der Waals surface area contributed by atoms with Gasteiger partial charge in [0, 0.05) is 16.0 Å². The molecule has 0 N–H and O–H groups in total. The van der Waals surface area contributed by atoms with Crippen LogP contribution in [0.2, 0.25) is 0 Å². The number of ether oxygens (including phenoxy) is 2. The number of nitrogens with zero attached hydrogens (tertiary/aromatic N) is 3. The third kappa shape index (κ3) is 3.12. The van der Waals surface area contributed by atoms with Crippen LogP contribution in [0, 0.1) is 5.82 Å². The molecule has 0 spiro atoms. The third-order valence-electron chi connectivity index (χ3n) is 4.21. The Bertz CT molecular complexity index is 1020. The van der Waals surface area contributed by atoms with Gasteiger partial charge in [-0.3, -0.25) is 4.99 Å². The molecule has 0 aliphatic carbocycles. The summed E-state index contributed by atoms with van der Waals surface area (Å²) in [5, 5.41) is 2.26. The van der Waals surface area contributed by atoms with Gasteiger partial charge in [-0.25, -0.2) is 23.9 Å². The maximum atomic E-state index is 13.6. The van der Waals surface area contributed by atoms with Crippen LogP contribution in [0.25, 0.3) is 0 Å². The maximum absolute atomic E-state index is 13.6. The molecule has 1 amide bonds. The number of carbonyl (C=O) groups is 2. The number of benzene rings is 1. The topological polar surface area (TPSA) is 81.1 Å². The van der Waals surface area contributed by atoms with Gasteiger partial charge in [0.05, 0.1) is 17.9 Å². The van der Waals surface area contributed by atoms with Crippen molar-refractivity contribution in [2.24, 2.45) is 4.99 Å². The van der Waals surface area contributed by atoms with E-state index in [1.807, 2.05) is 0 Å². The summed E-state index contributed by atoms with van der Waals surface area (Å²) in [5.41, 5.74) is 1.09. The van der Waals surface area contributed by atoms with Crippen LogP contribution < -0.4 is 0 Å². The Hall–Kier alpha value is -2.59. The summed E-state index contributed by atoms with van der Waals surface area (Å²) in [5.74, 6) is -0.757. The number of cyclic esters (lactones) is 1. The Kier molecular flexibility index (Phi) is 4.98. The normalized spacial score (nSPS) is 18.7. The minimum absolute atomic E-state index is 0.0906. The number of carbonyl (C=O) groups excluding carboxylic acids is 2. The molecule has 2 aliphatic rings. The van der Waals surface area contributed by atoms with Gasteiger partial charge in [-0.1, -0.05) is 22.0 Å². The largest absolute Gasteiger partial charge is 0.463 e. The van der Waals surface area contributed by atoms with E-state index >= 15 is 0 Å². The van der Waals surface area contributed by atoms with Crippen LogP contribution in [0.4, 0.5) is 9.18 Å². The molecule has 0 radical (unpaired) electrons. The van der Waals surface area contributed by atoms with Crippen LogP contribution >= 0.6 is 27.3 Å². The SMILES string of the molecule is CCOC(=O)C1=C2COC(=O)N2C(c2nccs2)=NC1c1ccc(F)cc1Br. The first kappa shape index (κ1) is 18.8. The fourth-order valence-corrected chi connectivity index (χ4v) is 4.25. The van der Waals surface area contributed by atoms with Gasteiger partial charge in [0.25, 0.3) is 0 Å². The van der Waals surface area contributed by atoms with E-state index in [-0.39, 0.29) is 24.6 Å². The van der Waals surface area contributed by atoms with Crippen molar-refractivity contribution in [1.29, 1.82) is 0 Å². The summed E-state index contributed by atoms with van der Waals surface area (Å²) in [6.07, 6.45) is 0.958. The fraction of sp³-hybridized carbons (Fsp3) is 0.222. The zero-order valence-corrected chi connectivity index (χ0v) is 16.9. The number of aliphatic imine (C=N–C) groups is 1. The van der Waals surface area contributed by atoms with Crippen molar-refractivity contribution in [2.45, 2.75) is 13.0 Å². The van der Waals surface area contributed by atoms with Gasteiger partial charge >= 0.3 is 12.1 Å². The van der Waals surface area contributed by atoms with Crippen LogP contribution in [-0.4, -0.2) is 41.0 Å². The molecule has 4 rings (SSSR count). The Balaban J connectivity index is 1.93. The molecule has 1 aromatic carbocycles. The number of aromatic nitrogens is 1. The molecule has 1 aromatic heterocycles. The molecule has 2 aliphatic heterocycles. The zero-order valence-electron chi connectivity index (χ0n) is 14.5. The number of hydrogen-bond acceptors (Lipinski definition) is 7. The van der Waals surface area contributed by atoms with Crippen LogP contribution in [0.15, 0.2) is 50.5 Å². The number of amidine groups is 1. The molecule has 0 saturated carbocycles. The lowest BCUT2D eigenvalue weighted by Crippen LogP contribution is -2.37. The van der Waals surface area contributed by atoms with Crippen molar-refractivity contribution in [3.63, 3.8) is 0 Å². The second-order valence-corrected chi connectivity index (χ2v) is 7.58. The fourth-order valence-electron chi connectivity index (χ4n) is 3.06. The summed E-state index contributed by atoms with van der Waals surface area (Å²) in [6, 6.07) is 3.31. The van der Waals surface area contributed by atoms with E-state index in [1.54, 1.807) is 24.6 Å². The predicted octanol–water partition coefficient (Wildman–Crippen LogP) is 3.82. The van der Waals surface area contributed by atoms with E-state index in [1.165, 1.54) is 28.4 Å². The molecule has 2 aromatic rings. The second-order valence-electron chi connectivity index (χ2n) is 5.83. The van der Waals surface area contributed by atoms with Crippen LogP contribution in [0.3, 0.4) is 0 Å². The lowest BCUT2D eigenvalue weighted by Gasteiger charge is -2.28. The Morgan fingerprint density at radius 3 is 3.00 bits per heavy atom. The molecule has 1 atom stereocenters. The van der Waals surface area contributed by atoms with Crippen LogP contribution in [-0.2, 0) is 14.3 Å². The molecular formula is C18H13BrFN3O4S. The highest BCUT2D eigenvalue weighted by Gasteiger charge is 2.44. The lowest BCUT2D eigenvalue weighted by atomic mass is 9.95. The summed E-state index contributed by atoms with van der Waals surface area (Å²) in [6.45, 7) is 1.75. The van der Waals surface area contributed by atoms with E-state index < -0.39 is 23.9 Å². The Morgan fingerprint density at radius 2 is 2.32 bits per heavy atom. The Morgan fingerprint density at radius 1 is 1.50 bits per heavy atom. The summed E-state index contributed by atoms with van der Waals surface area (Å²) < 4.78 is 24.4. The molecule has 144 valence electrons. The van der Waals surface area contributed by atoms with Crippen molar-refractivity contribution in [3.8, 4) is 0 Å². The highest BCUT2D eigenvalue weighted by atomic mass is 79.9. The molecule has 1 saturated heterocycles. The first-order valence-electron chi connectivity index (χ1n) is 8.31. The molecule has 7 nitrogen and oxygen atoms in total. The maximum Gasteiger partial charge on any atom is 0.420 e. The number of amides is 1. The van der Waals surface area contributed by atoms with E-state index in [9.17, 15) is 14.0 Å². The van der Waals surface area contributed by atoms with Gasteiger partial charge in [-0.15, -0.1) is 11.3 Å². The van der Waals surface area contributed by atoms with Gasteiger partial charge in [0.2, 0.25) is 0 Å². The molecule has 10 heteroatoms. The number of esters is 1. The first-order chi connectivity index (χ1) is 13.5. The van der Waals surface area contributed by atoms with E-state index in [0.717, 1.165) is 0 Å². The standard InChI is InChI=1S/C18H13BrFN3O4S/c1-2-26-17(24)13-12-8-27-18(25)23(12)15(16-21-5-6-28-16)22-14(13)10-4-3-9(20)7-11(10)19/h3-7,14H,2,8H2,1H3. The predicted molar refractivity (Wildman–Crippen MR) is 102 cm³/mol. The third-order valence-corrected chi connectivity index (χ3v) is 5.66.